The van der Waals surface area contributed by atoms with E-state index in [-0.39, 0.29) is 47.9 Å². The molecule has 1 aromatic carbocycles. The Balaban J connectivity index is 2.01. The number of aromatic nitrogens is 2. The first-order valence-electron chi connectivity index (χ1n) is 11.6. The fourth-order valence-corrected chi connectivity index (χ4v) is 5.59. The summed E-state index contributed by atoms with van der Waals surface area (Å²) < 4.78 is 34.7. The van der Waals surface area contributed by atoms with Gasteiger partial charge in [-0.1, -0.05) is 25.7 Å². The van der Waals surface area contributed by atoms with E-state index in [1.807, 2.05) is 13.8 Å². The molecule has 35 heavy (non-hydrogen) atoms. The number of unbranched alkanes of at least 4 members (excludes halogenated alkanes) is 1. The average molecular weight is 501 g/mol. The molecule has 1 aliphatic rings. The third-order valence-corrected chi connectivity index (χ3v) is 7.88. The smallest absolute Gasteiger partial charge is 0.273 e. The molecule has 2 heterocycles. The number of aliphatic hydroxyl groups excluding tert-OH is 1. The molecule has 2 aromatic rings. The van der Waals surface area contributed by atoms with Crippen molar-refractivity contribution >= 4 is 15.9 Å². The molecule has 0 aliphatic carbocycles. The number of carbonyl (C=O) groups excluding carboxylic acids is 1. The quantitative estimate of drug-likeness (QED) is 0.605. The third-order valence-electron chi connectivity index (χ3n) is 5.86. The van der Waals surface area contributed by atoms with Crippen LogP contribution in [0, 0.1) is 17.8 Å². The summed E-state index contributed by atoms with van der Waals surface area (Å²) in [5, 5.41) is 9.77. The molecule has 1 N–H and O–H groups in total. The van der Waals surface area contributed by atoms with E-state index in [0.29, 0.717) is 5.56 Å². The molecule has 188 valence electrons. The Kier molecular flexibility index (Phi) is 8.83. The highest BCUT2D eigenvalue weighted by molar-refractivity contribution is 7.89. The number of hydrogen-bond donors (Lipinski definition) is 1. The Hall–Kier alpha value is -3.00. The molecule has 0 bridgehead atoms. The lowest BCUT2D eigenvalue weighted by Gasteiger charge is -2.37. The number of benzene rings is 1. The zero-order valence-corrected chi connectivity index (χ0v) is 21.3. The molecule has 0 fully saturated rings. The van der Waals surface area contributed by atoms with Gasteiger partial charge < -0.3 is 14.7 Å². The third kappa shape index (κ3) is 6.17. The van der Waals surface area contributed by atoms with Crippen molar-refractivity contribution in [3.8, 4) is 17.6 Å². The first-order valence-corrected chi connectivity index (χ1v) is 13.1. The van der Waals surface area contributed by atoms with Crippen LogP contribution in [0.1, 0.15) is 49.7 Å². The molecule has 0 saturated carbocycles. The van der Waals surface area contributed by atoms with Crippen molar-refractivity contribution in [2.75, 3.05) is 26.7 Å². The van der Waals surface area contributed by atoms with Crippen molar-refractivity contribution in [1.29, 1.82) is 0 Å². The molecule has 9 nitrogen and oxygen atoms in total. The number of sulfonamides is 1. The van der Waals surface area contributed by atoms with Gasteiger partial charge in [-0.05, 0) is 31.5 Å². The van der Waals surface area contributed by atoms with Crippen LogP contribution in [-0.4, -0.2) is 77.5 Å². The molecule has 0 spiro atoms. The van der Waals surface area contributed by atoms with Gasteiger partial charge in [0.2, 0.25) is 10.0 Å². The van der Waals surface area contributed by atoms with Gasteiger partial charge in [0.25, 0.3) is 5.91 Å². The number of fused-ring (bicyclic) bond motifs is 1. The van der Waals surface area contributed by atoms with Crippen LogP contribution in [0.2, 0.25) is 0 Å². The minimum Gasteiger partial charge on any atom is -0.487 e. The van der Waals surface area contributed by atoms with Crippen molar-refractivity contribution in [2.24, 2.45) is 5.92 Å². The number of rotatable bonds is 6. The van der Waals surface area contributed by atoms with E-state index >= 15 is 0 Å². The topological polar surface area (TPSA) is 113 Å². The van der Waals surface area contributed by atoms with Gasteiger partial charge in [-0.3, -0.25) is 9.78 Å². The summed E-state index contributed by atoms with van der Waals surface area (Å²) in [7, 11) is -2.30. The lowest BCUT2D eigenvalue weighted by molar-refractivity contribution is 0.0559. The first-order chi connectivity index (χ1) is 16.7. The number of likely N-dealkylation sites (N-methyl/N-ethyl adjacent to an activating group) is 1. The van der Waals surface area contributed by atoms with Crippen molar-refractivity contribution in [1.82, 2.24) is 19.2 Å². The summed E-state index contributed by atoms with van der Waals surface area (Å²) in [6.07, 6.45) is 5.46. The molecule has 0 unspecified atom stereocenters. The fourth-order valence-electron chi connectivity index (χ4n) is 3.77. The van der Waals surface area contributed by atoms with Crippen molar-refractivity contribution in [3.63, 3.8) is 0 Å². The van der Waals surface area contributed by atoms with Crippen molar-refractivity contribution in [2.45, 2.75) is 50.7 Å². The number of hydrogen-bond acceptors (Lipinski definition) is 7. The monoisotopic (exact) mass is 500 g/mol. The maximum absolute atomic E-state index is 13.5. The van der Waals surface area contributed by atoms with Gasteiger partial charge in [-0.15, -0.1) is 0 Å². The Morgan fingerprint density at radius 2 is 2.14 bits per heavy atom. The second-order valence-electron chi connectivity index (χ2n) is 8.73. The van der Waals surface area contributed by atoms with E-state index in [1.54, 1.807) is 26.1 Å². The minimum atomic E-state index is -3.94. The number of amides is 1. The second kappa shape index (κ2) is 11.6. The summed E-state index contributed by atoms with van der Waals surface area (Å²) >= 11 is 0. The van der Waals surface area contributed by atoms with Gasteiger partial charge in [0.05, 0.1) is 19.3 Å². The highest BCUT2D eigenvalue weighted by Gasteiger charge is 2.38. The molecule has 3 atom stereocenters. The summed E-state index contributed by atoms with van der Waals surface area (Å²) in [6.45, 7) is 5.57. The van der Waals surface area contributed by atoms with Gasteiger partial charge >= 0.3 is 0 Å². The number of aliphatic hydroxyl groups is 1. The highest BCUT2D eigenvalue weighted by Crippen LogP contribution is 2.34. The fraction of sp³-hybridized carbons (Fsp3) is 0.480. The summed E-state index contributed by atoms with van der Waals surface area (Å²) in [6, 6.07) is 4.16. The van der Waals surface area contributed by atoms with Crippen LogP contribution < -0.4 is 4.74 Å². The number of ether oxygens (including phenoxy) is 1. The van der Waals surface area contributed by atoms with Gasteiger partial charge in [0.15, 0.2) is 0 Å². The Morgan fingerprint density at radius 1 is 1.37 bits per heavy atom. The normalized spacial score (nSPS) is 20.3. The van der Waals surface area contributed by atoms with Crippen LogP contribution in [0.3, 0.4) is 0 Å². The zero-order chi connectivity index (χ0) is 25.6. The predicted octanol–water partition coefficient (Wildman–Crippen LogP) is 2.17. The van der Waals surface area contributed by atoms with Crippen LogP contribution >= 0.6 is 0 Å². The molecular weight excluding hydrogens is 468 g/mol. The van der Waals surface area contributed by atoms with E-state index in [1.165, 1.54) is 33.9 Å². The van der Waals surface area contributed by atoms with Crippen LogP contribution in [0.5, 0.6) is 5.75 Å². The standard InChI is InChI=1S/C25H32N4O5S/c1-5-6-7-8-20-9-10-24-22(13-20)34-23(16-28(4)25(31)21-14-26-11-12-27-21)18(2)15-29(19(3)17-30)35(24,32)33/h9-14,18-19,23,30H,5-6,15-17H2,1-4H3/t18-,19-,23+/m0/s1. The molecule has 1 aromatic heterocycles. The number of nitrogens with zero attached hydrogens (tertiary/aromatic N) is 4. The molecule has 1 amide bonds. The van der Waals surface area contributed by atoms with Gasteiger partial charge in [-0.25, -0.2) is 13.4 Å². The Labute approximate surface area is 207 Å². The minimum absolute atomic E-state index is 0.0126. The lowest BCUT2D eigenvalue weighted by atomic mass is 10.0. The zero-order valence-electron chi connectivity index (χ0n) is 20.5. The Morgan fingerprint density at radius 3 is 2.80 bits per heavy atom. The molecule has 3 rings (SSSR count). The SMILES string of the molecule is CCCC#Cc1ccc2c(c1)O[C@H](CN(C)C(=O)c1cnccn1)[C@@H](C)CN([C@@H](C)CO)S2(=O)=O. The summed E-state index contributed by atoms with van der Waals surface area (Å²) in [5.74, 6) is 5.69. The van der Waals surface area contributed by atoms with E-state index < -0.39 is 22.2 Å². The first kappa shape index (κ1) is 26.6. The van der Waals surface area contributed by atoms with Gasteiger partial charge in [0.1, 0.15) is 22.4 Å². The maximum Gasteiger partial charge on any atom is 0.273 e. The lowest BCUT2D eigenvalue weighted by Crippen LogP contribution is -2.50. The molecule has 1 aliphatic heterocycles. The molecule has 10 heteroatoms. The predicted molar refractivity (Wildman–Crippen MR) is 131 cm³/mol. The Bertz CT molecular complexity index is 1190. The van der Waals surface area contributed by atoms with Crippen LogP contribution in [0.15, 0.2) is 41.7 Å². The van der Waals surface area contributed by atoms with Gasteiger partial charge in [-0.2, -0.15) is 4.31 Å². The second-order valence-corrected chi connectivity index (χ2v) is 10.6. The average Bonchev–Trinajstić information content (AvgIpc) is 2.85. The van der Waals surface area contributed by atoms with Crippen molar-refractivity contribution < 1.29 is 23.1 Å². The largest absolute Gasteiger partial charge is 0.487 e. The van der Waals surface area contributed by atoms with Crippen LogP contribution in [0.4, 0.5) is 0 Å². The van der Waals surface area contributed by atoms with E-state index in [9.17, 15) is 18.3 Å². The highest BCUT2D eigenvalue weighted by atomic mass is 32.2. The number of carbonyl (C=O) groups is 1. The van der Waals surface area contributed by atoms with E-state index in [2.05, 4.69) is 21.8 Å². The van der Waals surface area contributed by atoms with Crippen molar-refractivity contribution in [3.05, 3.63) is 48.0 Å². The molecule has 0 radical (unpaired) electrons. The maximum atomic E-state index is 13.5. The molecule has 0 saturated heterocycles. The molecular formula is C25H32N4O5S. The van der Waals surface area contributed by atoms with E-state index in [4.69, 9.17) is 4.74 Å². The van der Waals surface area contributed by atoms with Gasteiger partial charge in [0, 0.05) is 49.9 Å². The van der Waals surface area contributed by atoms with Crippen LogP contribution in [0.25, 0.3) is 0 Å². The summed E-state index contributed by atoms with van der Waals surface area (Å²) in [5.41, 5.74) is 0.852. The van der Waals surface area contributed by atoms with E-state index in [0.717, 1.165) is 12.8 Å². The van der Waals surface area contributed by atoms with Crippen LogP contribution in [-0.2, 0) is 10.0 Å². The summed E-state index contributed by atoms with van der Waals surface area (Å²) in [4.78, 5) is 22.4.